The quantitative estimate of drug-likeness (QED) is 0.497. The van der Waals surface area contributed by atoms with Gasteiger partial charge in [0.25, 0.3) is 5.91 Å². The van der Waals surface area contributed by atoms with Gasteiger partial charge >= 0.3 is 6.09 Å². The molecule has 5 rings (SSSR count). The Balaban J connectivity index is 1.38. The number of benzene rings is 2. The molecule has 3 heterocycles. The van der Waals surface area contributed by atoms with E-state index < -0.39 is 24.1 Å². The lowest BCUT2D eigenvalue weighted by Crippen LogP contribution is -2.47. The highest BCUT2D eigenvalue weighted by molar-refractivity contribution is 6.02. The van der Waals surface area contributed by atoms with Gasteiger partial charge in [-0.2, -0.15) is 0 Å². The van der Waals surface area contributed by atoms with Crippen LogP contribution in [0.15, 0.2) is 77.4 Å². The van der Waals surface area contributed by atoms with Crippen molar-refractivity contribution in [3.05, 3.63) is 89.9 Å². The average molecular weight is 490 g/mol. The van der Waals surface area contributed by atoms with Gasteiger partial charge in [0.15, 0.2) is 17.9 Å². The van der Waals surface area contributed by atoms with Crippen LogP contribution in [-0.2, 0) is 20.8 Å². The van der Waals surface area contributed by atoms with E-state index in [0.717, 1.165) is 18.4 Å². The Labute approximate surface area is 208 Å². The fourth-order valence-electron chi connectivity index (χ4n) is 4.51. The molecule has 3 aromatic rings. The molecule has 1 aromatic heterocycles. The number of ether oxygens (including phenoxy) is 2. The Morgan fingerprint density at radius 3 is 2.64 bits per heavy atom. The predicted molar refractivity (Wildman–Crippen MR) is 130 cm³/mol. The Morgan fingerprint density at radius 2 is 1.89 bits per heavy atom. The number of nitrogens with zero attached hydrogens (tertiary/aromatic N) is 1. The molecule has 0 spiro atoms. The molecule has 2 N–H and O–H groups in total. The number of carbonyl (C=O) groups excluding carboxylic acids is 3. The summed E-state index contributed by atoms with van der Waals surface area (Å²) in [5, 5.41) is 5.72. The zero-order valence-corrected chi connectivity index (χ0v) is 19.6. The molecule has 2 aliphatic heterocycles. The van der Waals surface area contributed by atoms with Gasteiger partial charge in [-0.05, 0) is 48.2 Å². The molecular formula is C27H27N3O6. The minimum absolute atomic E-state index is 0.0341. The predicted octanol–water partition coefficient (Wildman–Crippen LogP) is 3.89. The molecule has 0 saturated carbocycles. The number of carbonyl (C=O) groups is 3. The topological polar surface area (TPSA) is 110 Å². The van der Waals surface area contributed by atoms with Crippen molar-refractivity contribution < 1.29 is 28.3 Å². The molecule has 2 aliphatic rings. The maximum Gasteiger partial charge on any atom is 0.411 e. The minimum Gasteiger partial charge on any atom is -0.459 e. The smallest absolute Gasteiger partial charge is 0.411 e. The van der Waals surface area contributed by atoms with Crippen molar-refractivity contribution in [2.24, 2.45) is 0 Å². The monoisotopic (exact) mass is 489 g/mol. The van der Waals surface area contributed by atoms with Gasteiger partial charge in [0.1, 0.15) is 0 Å². The largest absolute Gasteiger partial charge is 0.459 e. The van der Waals surface area contributed by atoms with Gasteiger partial charge < -0.3 is 24.5 Å². The van der Waals surface area contributed by atoms with Gasteiger partial charge in [-0.3, -0.25) is 14.5 Å². The molecule has 3 unspecified atom stereocenters. The van der Waals surface area contributed by atoms with Gasteiger partial charge in [-0.1, -0.05) is 42.5 Å². The van der Waals surface area contributed by atoms with Crippen LogP contribution >= 0.6 is 0 Å². The molecule has 0 radical (unpaired) electrons. The van der Waals surface area contributed by atoms with Crippen LogP contribution in [0, 0.1) is 0 Å². The highest BCUT2D eigenvalue weighted by Crippen LogP contribution is 2.35. The van der Waals surface area contributed by atoms with Crippen LogP contribution in [0.2, 0.25) is 0 Å². The second-order valence-electron chi connectivity index (χ2n) is 8.80. The van der Waals surface area contributed by atoms with E-state index in [4.69, 9.17) is 13.9 Å². The maximum absolute atomic E-state index is 13.4. The number of hydrogen-bond acceptors (Lipinski definition) is 6. The molecule has 0 bridgehead atoms. The number of amides is 3. The normalized spacial score (nSPS) is 21.3. The first-order chi connectivity index (χ1) is 17.6. The third kappa shape index (κ3) is 5.26. The standard InChI is InChI=1S/C27H27N3O6/c31-25(22-12-6-14-35-22)29-20-10-4-9-19(15-20)24-23(26(32)28-16-21-11-5-13-34-21)30(27(33)36-24)17-18-7-2-1-3-8-18/h1-4,6-10,12,14-15,21,23-24H,5,11,13,16-17H2,(H,28,32)(H,29,31). The van der Waals surface area contributed by atoms with Crippen LogP contribution in [0.1, 0.15) is 40.6 Å². The van der Waals surface area contributed by atoms with Crippen molar-refractivity contribution in [2.45, 2.75) is 37.6 Å². The van der Waals surface area contributed by atoms with Crippen molar-refractivity contribution in [3.63, 3.8) is 0 Å². The number of nitrogens with one attached hydrogen (secondary N) is 2. The zero-order valence-electron chi connectivity index (χ0n) is 19.6. The van der Waals surface area contributed by atoms with E-state index in [0.29, 0.717) is 24.4 Å². The summed E-state index contributed by atoms with van der Waals surface area (Å²) in [7, 11) is 0. The molecule has 0 aliphatic carbocycles. The molecule has 9 heteroatoms. The first-order valence-corrected chi connectivity index (χ1v) is 11.9. The minimum atomic E-state index is -0.893. The Bertz CT molecular complexity index is 1210. The fraction of sp³-hybridized carbons (Fsp3) is 0.296. The lowest BCUT2D eigenvalue weighted by Gasteiger charge is -2.25. The summed E-state index contributed by atoms with van der Waals surface area (Å²) >= 11 is 0. The number of cyclic esters (lactones) is 1. The Hall–Kier alpha value is -4.11. The summed E-state index contributed by atoms with van der Waals surface area (Å²) in [5.74, 6) is -0.549. The number of hydrogen-bond donors (Lipinski definition) is 2. The lowest BCUT2D eigenvalue weighted by molar-refractivity contribution is -0.126. The van der Waals surface area contributed by atoms with Crippen molar-refractivity contribution in [3.8, 4) is 0 Å². The molecule has 2 fully saturated rings. The van der Waals surface area contributed by atoms with Gasteiger partial charge in [-0.15, -0.1) is 0 Å². The van der Waals surface area contributed by atoms with Gasteiger partial charge in [0, 0.05) is 18.8 Å². The molecule has 186 valence electrons. The summed E-state index contributed by atoms with van der Waals surface area (Å²) in [6, 6.07) is 18.7. The second kappa shape index (κ2) is 10.7. The van der Waals surface area contributed by atoms with E-state index in [1.165, 1.54) is 11.2 Å². The van der Waals surface area contributed by atoms with Crippen molar-refractivity contribution in [2.75, 3.05) is 18.5 Å². The molecule has 9 nitrogen and oxygen atoms in total. The van der Waals surface area contributed by atoms with E-state index in [2.05, 4.69) is 10.6 Å². The van der Waals surface area contributed by atoms with Gasteiger partial charge in [-0.25, -0.2) is 4.79 Å². The van der Waals surface area contributed by atoms with E-state index in [-0.39, 0.29) is 24.3 Å². The van der Waals surface area contributed by atoms with E-state index >= 15 is 0 Å². The summed E-state index contributed by atoms with van der Waals surface area (Å²) in [5.41, 5.74) is 1.96. The van der Waals surface area contributed by atoms with Crippen molar-refractivity contribution in [1.82, 2.24) is 10.2 Å². The van der Waals surface area contributed by atoms with E-state index in [9.17, 15) is 14.4 Å². The summed E-state index contributed by atoms with van der Waals surface area (Å²) in [6.07, 6.45) is 1.80. The van der Waals surface area contributed by atoms with E-state index in [1.807, 2.05) is 30.3 Å². The third-order valence-corrected chi connectivity index (χ3v) is 6.30. The number of anilines is 1. The molecule has 3 atom stereocenters. The molecule has 2 saturated heterocycles. The second-order valence-corrected chi connectivity index (χ2v) is 8.80. The average Bonchev–Trinajstić information content (AvgIpc) is 3.66. The fourth-order valence-corrected chi connectivity index (χ4v) is 4.51. The van der Waals surface area contributed by atoms with Crippen molar-refractivity contribution >= 4 is 23.6 Å². The summed E-state index contributed by atoms with van der Waals surface area (Å²) in [4.78, 5) is 40.3. The molecule has 3 amide bonds. The van der Waals surface area contributed by atoms with Crippen LogP contribution in [0.25, 0.3) is 0 Å². The highest BCUT2D eigenvalue weighted by Gasteiger charge is 2.47. The first kappa shape index (κ1) is 23.6. The summed E-state index contributed by atoms with van der Waals surface area (Å²) in [6.45, 7) is 1.28. The molecule has 2 aromatic carbocycles. The lowest BCUT2D eigenvalue weighted by atomic mass is 10.00. The van der Waals surface area contributed by atoms with Crippen LogP contribution < -0.4 is 10.6 Å². The number of rotatable bonds is 8. The van der Waals surface area contributed by atoms with Gasteiger partial charge in [0.2, 0.25) is 5.91 Å². The van der Waals surface area contributed by atoms with Crippen molar-refractivity contribution in [1.29, 1.82) is 0 Å². The molecular weight excluding hydrogens is 462 g/mol. The maximum atomic E-state index is 13.4. The van der Waals surface area contributed by atoms with Crippen LogP contribution in [0.3, 0.4) is 0 Å². The number of furan rings is 1. The van der Waals surface area contributed by atoms with Gasteiger partial charge in [0.05, 0.1) is 18.9 Å². The summed E-state index contributed by atoms with van der Waals surface area (Å²) < 4.78 is 16.5. The Kier molecular flexibility index (Phi) is 6.99. The SMILES string of the molecule is O=C(Nc1cccc(C2OC(=O)N(Cc3ccccc3)C2C(=O)NCC2CCCO2)c1)c1ccco1. The van der Waals surface area contributed by atoms with E-state index in [1.54, 1.807) is 36.4 Å². The third-order valence-electron chi connectivity index (χ3n) is 6.30. The van der Waals surface area contributed by atoms with Crippen LogP contribution in [0.5, 0.6) is 0 Å². The first-order valence-electron chi connectivity index (χ1n) is 11.9. The molecule has 36 heavy (non-hydrogen) atoms. The van der Waals surface area contributed by atoms with Crippen LogP contribution in [0.4, 0.5) is 10.5 Å². The Morgan fingerprint density at radius 1 is 1.03 bits per heavy atom. The zero-order chi connectivity index (χ0) is 24.9. The highest BCUT2D eigenvalue weighted by atomic mass is 16.6. The van der Waals surface area contributed by atoms with Crippen LogP contribution in [-0.4, -0.2) is 48.1 Å².